The smallest absolute Gasteiger partial charge is 0.244 e. The molecule has 0 radical (unpaired) electrons. The van der Waals surface area contributed by atoms with Gasteiger partial charge in [0.25, 0.3) is 0 Å². The van der Waals surface area contributed by atoms with Crippen molar-refractivity contribution in [3.8, 4) is 0 Å². The third kappa shape index (κ3) is 8.90. The van der Waals surface area contributed by atoms with Gasteiger partial charge >= 0.3 is 0 Å². The number of hydrogen-bond acceptors (Lipinski definition) is 4. The second kappa shape index (κ2) is 14.0. The Morgan fingerprint density at radius 2 is 1.68 bits per heavy atom. The van der Waals surface area contributed by atoms with Crippen molar-refractivity contribution in [3.63, 3.8) is 0 Å². The van der Waals surface area contributed by atoms with Gasteiger partial charge < -0.3 is 10.2 Å². The molecule has 1 atom stereocenters. The van der Waals surface area contributed by atoms with Gasteiger partial charge in [0.1, 0.15) is 12.6 Å². The summed E-state index contributed by atoms with van der Waals surface area (Å²) in [6, 6.07) is 11.2. The van der Waals surface area contributed by atoms with Crippen LogP contribution < -0.4 is 9.62 Å². The van der Waals surface area contributed by atoms with Gasteiger partial charge in [0, 0.05) is 23.1 Å². The summed E-state index contributed by atoms with van der Waals surface area (Å²) in [4.78, 5) is 28.2. The van der Waals surface area contributed by atoms with Gasteiger partial charge in [-0.25, -0.2) is 8.42 Å². The second-order valence-corrected chi connectivity index (χ2v) is 12.1. The molecule has 10 heteroatoms. The number of amides is 2. The zero-order valence-corrected chi connectivity index (χ0v) is 24.5. The lowest BCUT2D eigenvalue weighted by Gasteiger charge is -2.33. The van der Waals surface area contributed by atoms with E-state index in [0.717, 1.165) is 29.0 Å². The van der Waals surface area contributed by atoms with Crippen LogP contribution in [0.15, 0.2) is 42.5 Å². The van der Waals surface area contributed by atoms with Gasteiger partial charge in [-0.15, -0.1) is 0 Å². The van der Waals surface area contributed by atoms with E-state index in [0.29, 0.717) is 34.3 Å². The first kappa shape index (κ1) is 30.9. The number of rotatable bonds is 13. The van der Waals surface area contributed by atoms with E-state index in [4.69, 9.17) is 23.2 Å². The Morgan fingerprint density at radius 1 is 1.03 bits per heavy atom. The van der Waals surface area contributed by atoms with Gasteiger partial charge in [-0.1, -0.05) is 75.5 Å². The van der Waals surface area contributed by atoms with Crippen molar-refractivity contribution >= 4 is 50.7 Å². The number of carbonyl (C=O) groups is 2. The highest BCUT2D eigenvalue weighted by molar-refractivity contribution is 7.92. The summed E-state index contributed by atoms with van der Waals surface area (Å²) in [6.07, 6.45) is 3.13. The molecule has 0 saturated carbocycles. The molecule has 0 aliphatic rings. The predicted octanol–water partition coefficient (Wildman–Crippen LogP) is 5.61. The second-order valence-electron chi connectivity index (χ2n) is 9.34. The molecule has 2 rings (SSSR count). The van der Waals surface area contributed by atoms with Crippen LogP contribution in [0.5, 0.6) is 0 Å². The number of sulfonamides is 1. The van der Waals surface area contributed by atoms with E-state index in [9.17, 15) is 18.0 Å². The lowest BCUT2D eigenvalue weighted by molar-refractivity contribution is -0.140. The van der Waals surface area contributed by atoms with Gasteiger partial charge in [-0.3, -0.25) is 13.9 Å². The highest BCUT2D eigenvalue weighted by atomic mass is 35.5. The maximum Gasteiger partial charge on any atom is 0.244 e. The number of benzene rings is 2. The third-order valence-electron chi connectivity index (χ3n) is 6.10. The van der Waals surface area contributed by atoms with Gasteiger partial charge in [0.15, 0.2) is 0 Å². The molecule has 0 heterocycles. The first-order chi connectivity index (χ1) is 17.4. The molecule has 2 amide bonds. The summed E-state index contributed by atoms with van der Waals surface area (Å²) in [5.41, 5.74) is 2.04. The topological polar surface area (TPSA) is 86.8 Å². The quantitative estimate of drug-likeness (QED) is 0.318. The van der Waals surface area contributed by atoms with Crippen molar-refractivity contribution in [2.24, 2.45) is 0 Å². The average molecular weight is 571 g/mol. The summed E-state index contributed by atoms with van der Waals surface area (Å²) in [5, 5.41) is 3.70. The summed E-state index contributed by atoms with van der Waals surface area (Å²) in [5.74, 6) is -0.526. The van der Waals surface area contributed by atoms with Crippen molar-refractivity contribution in [1.29, 1.82) is 0 Å². The molecule has 7 nitrogen and oxygen atoms in total. The van der Waals surface area contributed by atoms with E-state index < -0.39 is 28.5 Å². The monoisotopic (exact) mass is 569 g/mol. The fourth-order valence-electron chi connectivity index (χ4n) is 3.90. The predicted molar refractivity (Wildman–Crippen MR) is 152 cm³/mol. The van der Waals surface area contributed by atoms with Crippen molar-refractivity contribution in [2.45, 2.75) is 65.5 Å². The first-order valence-corrected chi connectivity index (χ1v) is 15.1. The van der Waals surface area contributed by atoms with Gasteiger partial charge in [-0.05, 0) is 54.2 Å². The summed E-state index contributed by atoms with van der Waals surface area (Å²) < 4.78 is 26.6. The molecule has 37 heavy (non-hydrogen) atoms. The molecule has 0 aliphatic heterocycles. The lowest BCUT2D eigenvalue weighted by atomic mass is 10.0. The summed E-state index contributed by atoms with van der Waals surface area (Å²) in [7, 11) is -3.79. The molecule has 0 bridgehead atoms. The minimum absolute atomic E-state index is 0.0262. The maximum atomic E-state index is 13.7. The Labute approximate surface area is 231 Å². The molecule has 1 N–H and O–H groups in total. The SMILES string of the molecule is CCCCNC(=O)[C@H](CC)N(Cc1ccc(Cl)cc1Cl)C(=O)CN(c1ccc(C(C)C)cc1)S(C)(=O)=O. The molecule has 0 fully saturated rings. The average Bonchev–Trinajstić information content (AvgIpc) is 2.83. The fourth-order valence-corrected chi connectivity index (χ4v) is 5.22. The fraction of sp³-hybridized carbons (Fsp3) is 0.481. The van der Waals surface area contributed by atoms with Crippen LogP contribution in [0.25, 0.3) is 0 Å². The number of nitrogens with zero attached hydrogens (tertiary/aromatic N) is 2. The molecular formula is C27H37Cl2N3O4S. The molecule has 0 aliphatic carbocycles. The van der Waals surface area contributed by atoms with Crippen LogP contribution in [0.2, 0.25) is 10.0 Å². The summed E-state index contributed by atoms with van der Waals surface area (Å²) >= 11 is 12.4. The molecule has 0 unspecified atom stereocenters. The number of halogens is 2. The van der Waals surface area contributed by atoms with E-state index in [2.05, 4.69) is 5.32 Å². The maximum absolute atomic E-state index is 13.7. The molecule has 204 valence electrons. The van der Waals surface area contributed by atoms with Crippen LogP contribution in [0.1, 0.15) is 64.0 Å². The third-order valence-corrected chi connectivity index (χ3v) is 7.83. The summed E-state index contributed by atoms with van der Waals surface area (Å²) in [6.45, 7) is 7.99. The van der Waals surface area contributed by atoms with Crippen LogP contribution in [-0.2, 0) is 26.2 Å². The van der Waals surface area contributed by atoms with Gasteiger partial charge in [0.2, 0.25) is 21.8 Å². The van der Waals surface area contributed by atoms with Crippen LogP contribution in [-0.4, -0.2) is 50.5 Å². The minimum Gasteiger partial charge on any atom is -0.354 e. The van der Waals surface area contributed by atoms with Crippen LogP contribution in [0.4, 0.5) is 5.69 Å². The van der Waals surface area contributed by atoms with E-state index in [1.165, 1.54) is 4.90 Å². The normalized spacial score (nSPS) is 12.3. The zero-order chi connectivity index (χ0) is 27.8. The number of unbranched alkanes of at least 4 members (excludes halogenated alkanes) is 1. The van der Waals surface area contributed by atoms with Crippen molar-refractivity contribution in [2.75, 3.05) is 23.7 Å². The molecule has 2 aromatic carbocycles. The Hall–Kier alpha value is -2.29. The number of hydrogen-bond donors (Lipinski definition) is 1. The van der Waals surface area contributed by atoms with Crippen molar-refractivity contribution in [1.82, 2.24) is 10.2 Å². The van der Waals surface area contributed by atoms with Crippen LogP contribution in [0, 0.1) is 0 Å². The van der Waals surface area contributed by atoms with Crippen molar-refractivity contribution < 1.29 is 18.0 Å². The Morgan fingerprint density at radius 3 is 2.19 bits per heavy atom. The Kier molecular flexibility index (Phi) is 11.7. The Balaban J connectivity index is 2.44. The largest absolute Gasteiger partial charge is 0.354 e. The van der Waals surface area contributed by atoms with E-state index >= 15 is 0 Å². The molecular weight excluding hydrogens is 533 g/mol. The minimum atomic E-state index is -3.79. The highest BCUT2D eigenvalue weighted by Gasteiger charge is 2.32. The molecule has 0 saturated heterocycles. The lowest BCUT2D eigenvalue weighted by Crippen LogP contribution is -2.52. The zero-order valence-electron chi connectivity index (χ0n) is 22.1. The Bertz CT molecular complexity index is 1170. The molecule has 0 aromatic heterocycles. The van der Waals surface area contributed by atoms with E-state index in [-0.39, 0.29) is 18.4 Å². The van der Waals surface area contributed by atoms with Crippen LogP contribution >= 0.6 is 23.2 Å². The number of nitrogens with one attached hydrogen (secondary N) is 1. The molecule has 2 aromatic rings. The number of carbonyl (C=O) groups excluding carboxylic acids is 2. The highest BCUT2D eigenvalue weighted by Crippen LogP contribution is 2.26. The van der Waals surface area contributed by atoms with Gasteiger partial charge in [-0.2, -0.15) is 0 Å². The standard InChI is InChI=1S/C27H37Cl2N3O4S/c1-6-8-15-30-27(34)25(7-2)31(17-21-9-12-22(28)16-24(21)29)26(33)18-32(37(5,35)36)23-13-10-20(11-14-23)19(3)4/h9-14,16,19,25H,6-8,15,17-18H2,1-5H3,(H,30,34)/t25-/m0/s1. The first-order valence-electron chi connectivity index (χ1n) is 12.5. The van der Waals surface area contributed by atoms with E-state index in [1.54, 1.807) is 30.3 Å². The van der Waals surface area contributed by atoms with Crippen LogP contribution in [0.3, 0.4) is 0 Å². The molecule has 0 spiro atoms. The number of anilines is 1. The van der Waals surface area contributed by atoms with Crippen molar-refractivity contribution in [3.05, 3.63) is 63.6 Å². The van der Waals surface area contributed by atoms with E-state index in [1.807, 2.05) is 39.8 Å². The van der Waals surface area contributed by atoms with Gasteiger partial charge in [0.05, 0.1) is 11.9 Å².